The van der Waals surface area contributed by atoms with Crippen LogP contribution in [0.1, 0.15) is 26.3 Å². The Kier molecular flexibility index (Phi) is 4.80. The van der Waals surface area contributed by atoms with Gasteiger partial charge in [0.05, 0.1) is 18.7 Å². The molecule has 0 aliphatic rings. The van der Waals surface area contributed by atoms with Gasteiger partial charge in [-0.2, -0.15) is 0 Å². The van der Waals surface area contributed by atoms with Crippen molar-refractivity contribution in [2.45, 2.75) is 6.92 Å². The molecule has 0 saturated heterocycles. The van der Waals surface area contributed by atoms with E-state index >= 15 is 0 Å². The number of carboxylic acids is 1. The number of rotatable bonds is 3. The molecule has 0 bridgehead atoms. The van der Waals surface area contributed by atoms with Crippen LogP contribution in [0, 0.1) is 12.7 Å². The van der Waals surface area contributed by atoms with Gasteiger partial charge in [0, 0.05) is 5.69 Å². The minimum Gasteiger partial charge on any atom is -0.478 e. The molecular weight excluding hydrogens is 429 g/mol. The fraction of sp³-hybridized carbons (Fsp3) is 0.0769. The van der Waals surface area contributed by atoms with Crippen LogP contribution >= 0.6 is 43.2 Å². The SMILES string of the molecule is Cc1cc(F)ccc1NC(=O)c1c(Br)sc(Br)c1C(=O)O. The van der Waals surface area contributed by atoms with Gasteiger partial charge in [0.15, 0.2) is 0 Å². The van der Waals surface area contributed by atoms with Crippen molar-refractivity contribution in [2.75, 3.05) is 5.32 Å². The molecule has 0 aliphatic carbocycles. The Balaban J connectivity index is 2.39. The molecule has 0 radical (unpaired) electrons. The van der Waals surface area contributed by atoms with Crippen molar-refractivity contribution >= 4 is 60.8 Å². The first kappa shape index (κ1) is 16.1. The summed E-state index contributed by atoms with van der Waals surface area (Å²) >= 11 is 7.41. The zero-order valence-corrected chi connectivity index (χ0v) is 14.5. The summed E-state index contributed by atoms with van der Waals surface area (Å²) in [5, 5.41) is 11.8. The number of thiophene rings is 1. The van der Waals surface area contributed by atoms with E-state index in [4.69, 9.17) is 0 Å². The first-order valence-electron chi connectivity index (χ1n) is 5.60. The monoisotopic (exact) mass is 435 g/mol. The van der Waals surface area contributed by atoms with E-state index in [-0.39, 0.29) is 11.1 Å². The first-order valence-corrected chi connectivity index (χ1v) is 8.00. The number of amides is 1. The average molecular weight is 437 g/mol. The highest BCUT2D eigenvalue weighted by molar-refractivity contribution is 9.12. The van der Waals surface area contributed by atoms with Crippen LogP contribution < -0.4 is 5.32 Å². The van der Waals surface area contributed by atoms with Crippen molar-refractivity contribution in [3.8, 4) is 0 Å². The smallest absolute Gasteiger partial charge is 0.338 e. The predicted molar refractivity (Wildman–Crippen MR) is 85.8 cm³/mol. The summed E-state index contributed by atoms with van der Waals surface area (Å²) < 4.78 is 13.8. The lowest BCUT2D eigenvalue weighted by atomic mass is 10.1. The Hall–Kier alpha value is -1.25. The third-order valence-electron chi connectivity index (χ3n) is 2.70. The van der Waals surface area contributed by atoms with Gasteiger partial charge >= 0.3 is 5.97 Å². The number of nitrogens with one attached hydrogen (secondary N) is 1. The fourth-order valence-electron chi connectivity index (χ4n) is 1.72. The van der Waals surface area contributed by atoms with Crippen LogP contribution in [0.4, 0.5) is 10.1 Å². The molecule has 2 aromatic rings. The zero-order chi connectivity index (χ0) is 15.7. The van der Waals surface area contributed by atoms with E-state index in [0.717, 1.165) is 11.3 Å². The Labute approximate surface area is 140 Å². The number of hydrogen-bond donors (Lipinski definition) is 2. The number of anilines is 1. The lowest BCUT2D eigenvalue weighted by molar-refractivity contribution is 0.0692. The van der Waals surface area contributed by atoms with Gasteiger partial charge in [-0.1, -0.05) is 0 Å². The van der Waals surface area contributed by atoms with E-state index in [1.807, 2.05) is 0 Å². The molecule has 0 atom stereocenters. The molecule has 21 heavy (non-hydrogen) atoms. The van der Waals surface area contributed by atoms with E-state index < -0.39 is 17.7 Å². The quantitative estimate of drug-likeness (QED) is 0.734. The number of hydrogen-bond acceptors (Lipinski definition) is 3. The van der Waals surface area contributed by atoms with Crippen LogP contribution in [0.15, 0.2) is 25.8 Å². The third-order valence-corrected chi connectivity index (χ3v) is 5.23. The normalized spacial score (nSPS) is 10.5. The van der Waals surface area contributed by atoms with Gasteiger partial charge in [-0.3, -0.25) is 4.79 Å². The Morgan fingerprint density at radius 3 is 2.43 bits per heavy atom. The van der Waals surface area contributed by atoms with E-state index in [1.165, 1.54) is 18.2 Å². The van der Waals surface area contributed by atoms with Crippen LogP contribution in [0.2, 0.25) is 0 Å². The molecule has 8 heteroatoms. The summed E-state index contributed by atoms with van der Waals surface area (Å²) in [7, 11) is 0. The molecular formula is C13H8Br2FNO3S. The van der Waals surface area contributed by atoms with E-state index in [2.05, 4.69) is 37.2 Å². The summed E-state index contributed by atoms with van der Waals surface area (Å²) in [4.78, 5) is 23.5. The maximum Gasteiger partial charge on any atom is 0.338 e. The highest BCUT2D eigenvalue weighted by Crippen LogP contribution is 2.37. The van der Waals surface area contributed by atoms with Crippen molar-refractivity contribution in [1.82, 2.24) is 0 Å². The molecule has 1 aromatic heterocycles. The predicted octanol–water partition coefficient (Wildman–Crippen LogP) is 4.67. The maximum absolute atomic E-state index is 13.0. The molecule has 2 N–H and O–H groups in total. The second-order valence-corrected chi connectivity index (χ2v) is 7.77. The summed E-state index contributed by atoms with van der Waals surface area (Å²) in [6, 6.07) is 3.93. The molecule has 4 nitrogen and oxygen atoms in total. The molecule has 0 aliphatic heterocycles. The molecule has 2 rings (SSSR count). The first-order chi connectivity index (χ1) is 9.81. The third kappa shape index (κ3) is 3.33. The van der Waals surface area contributed by atoms with Crippen LogP contribution in [-0.2, 0) is 0 Å². The Morgan fingerprint density at radius 1 is 1.24 bits per heavy atom. The molecule has 1 amide bonds. The maximum atomic E-state index is 13.0. The highest BCUT2D eigenvalue weighted by Gasteiger charge is 2.26. The van der Waals surface area contributed by atoms with Gasteiger partial charge in [0.25, 0.3) is 5.91 Å². The van der Waals surface area contributed by atoms with Crippen LogP contribution in [0.25, 0.3) is 0 Å². The van der Waals surface area contributed by atoms with Crippen molar-refractivity contribution in [1.29, 1.82) is 0 Å². The van der Waals surface area contributed by atoms with E-state index in [9.17, 15) is 19.1 Å². The van der Waals surface area contributed by atoms with Crippen molar-refractivity contribution in [2.24, 2.45) is 0 Å². The van der Waals surface area contributed by atoms with E-state index in [0.29, 0.717) is 18.8 Å². The van der Waals surface area contributed by atoms with E-state index in [1.54, 1.807) is 6.92 Å². The Morgan fingerprint density at radius 2 is 1.86 bits per heavy atom. The molecule has 1 heterocycles. The average Bonchev–Trinajstić information content (AvgIpc) is 2.67. The number of aryl methyl sites for hydroxylation is 1. The second-order valence-electron chi connectivity index (χ2n) is 4.12. The van der Waals surface area contributed by atoms with Crippen molar-refractivity contribution < 1.29 is 19.1 Å². The molecule has 110 valence electrons. The lowest BCUT2D eigenvalue weighted by Crippen LogP contribution is -2.16. The summed E-state index contributed by atoms with van der Waals surface area (Å²) in [5.41, 5.74) is 0.893. The topological polar surface area (TPSA) is 66.4 Å². The molecule has 0 fully saturated rings. The second kappa shape index (κ2) is 6.25. The van der Waals surface area contributed by atoms with Gasteiger partial charge in [-0.15, -0.1) is 11.3 Å². The molecule has 0 saturated carbocycles. The molecule has 0 spiro atoms. The number of carbonyl (C=O) groups excluding carboxylic acids is 1. The minimum atomic E-state index is -1.20. The number of carbonyl (C=O) groups is 2. The van der Waals surface area contributed by atoms with Crippen molar-refractivity contribution in [3.05, 3.63) is 48.3 Å². The number of halogens is 3. The van der Waals surface area contributed by atoms with Crippen molar-refractivity contribution in [3.63, 3.8) is 0 Å². The number of benzene rings is 1. The minimum absolute atomic E-state index is 0.0306. The zero-order valence-electron chi connectivity index (χ0n) is 10.5. The summed E-state index contributed by atoms with van der Waals surface area (Å²) in [6.07, 6.45) is 0. The van der Waals surface area contributed by atoms with Crippen LogP contribution in [0.3, 0.4) is 0 Å². The largest absolute Gasteiger partial charge is 0.478 e. The van der Waals surface area contributed by atoms with Gasteiger partial charge in [-0.25, -0.2) is 9.18 Å². The Bertz CT molecular complexity index is 745. The van der Waals surface area contributed by atoms with Crippen LogP contribution in [-0.4, -0.2) is 17.0 Å². The van der Waals surface area contributed by atoms with Crippen LogP contribution in [0.5, 0.6) is 0 Å². The fourth-order valence-corrected chi connectivity index (χ4v) is 4.84. The van der Waals surface area contributed by atoms with Gasteiger partial charge < -0.3 is 10.4 Å². The van der Waals surface area contributed by atoms with Gasteiger partial charge in [0.2, 0.25) is 0 Å². The standard InChI is InChI=1S/C13H8Br2FNO3S/c1-5-4-6(16)2-3-7(5)17-12(18)8-9(13(19)20)11(15)21-10(8)14/h2-4H,1H3,(H,17,18)(H,19,20). The molecule has 0 unspecified atom stereocenters. The lowest BCUT2D eigenvalue weighted by Gasteiger charge is -2.08. The number of aromatic carboxylic acids is 1. The summed E-state index contributed by atoms with van der Waals surface area (Å²) in [6.45, 7) is 1.65. The van der Waals surface area contributed by atoms with Gasteiger partial charge in [0.1, 0.15) is 5.82 Å². The number of carboxylic acid groups (broad SMARTS) is 1. The van der Waals surface area contributed by atoms with Gasteiger partial charge in [-0.05, 0) is 62.5 Å². The summed E-state index contributed by atoms with van der Waals surface area (Å²) in [5.74, 6) is -2.18. The molecule has 1 aromatic carbocycles. The highest BCUT2D eigenvalue weighted by atomic mass is 79.9.